The van der Waals surface area contributed by atoms with Gasteiger partial charge in [0.05, 0.1) is 12.3 Å². The highest BCUT2D eigenvalue weighted by Crippen LogP contribution is 2.25. The Labute approximate surface area is 116 Å². The summed E-state index contributed by atoms with van der Waals surface area (Å²) in [5, 5.41) is 4.70. The fraction of sp³-hybridized carbons (Fsp3) is 0.214. The van der Waals surface area contributed by atoms with Crippen molar-refractivity contribution in [1.29, 1.82) is 0 Å². The minimum Gasteiger partial charge on any atom is -0.492 e. The summed E-state index contributed by atoms with van der Waals surface area (Å²) in [5.74, 6) is 0.409. The van der Waals surface area contributed by atoms with Gasteiger partial charge in [-0.05, 0) is 30.5 Å². The summed E-state index contributed by atoms with van der Waals surface area (Å²) in [5.41, 5.74) is 6.55. The van der Waals surface area contributed by atoms with Crippen LogP contribution < -0.4 is 15.8 Å². The Morgan fingerprint density at radius 3 is 2.84 bits per heavy atom. The summed E-state index contributed by atoms with van der Waals surface area (Å²) < 4.78 is 5.46. The molecule has 1 aromatic heterocycles. The first kappa shape index (κ1) is 13.6. The number of thiophene rings is 1. The van der Waals surface area contributed by atoms with Crippen LogP contribution in [-0.2, 0) is 4.79 Å². The van der Waals surface area contributed by atoms with Gasteiger partial charge < -0.3 is 15.8 Å². The van der Waals surface area contributed by atoms with E-state index in [9.17, 15) is 4.79 Å². The van der Waals surface area contributed by atoms with Gasteiger partial charge in [0.25, 0.3) is 0 Å². The van der Waals surface area contributed by atoms with E-state index in [1.165, 1.54) is 11.3 Å². The molecule has 5 heteroatoms. The molecular formula is C14H16N2O2S. The van der Waals surface area contributed by atoms with E-state index < -0.39 is 6.04 Å². The second-order valence-corrected chi connectivity index (χ2v) is 4.89. The lowest BCUT2D eigenvalue weighted by Crippen LogP contribution is -2.27. The molecule has 0 radical (unpaired) electrons. The number of rotatable bonds is 5. The Kier molecular flexibility index (Phi) is 4.54. The molecule has 100 valence electrons. The van der Waals surface area contributed by atoms with Crippen LogP contribution in [0, 0.1) is 0 Å². The molecule has 0 spiro atoms. The van der Waals surface area contributed by atoms with Gasteiger partial charge >= 0.3 is 0 Å². The van der Waals surface area contributed by atoms with Gasteiger partial charge in [0.2, 0.25) is 5.91 Å². The number of para-hydroxylation sites is 2. The Hall–Kier alpha value is -1.85. The molecule has 1 unspecified atom stereocenters. The predicted octanol–water partition coefficient (Wildman–Crippen LogP) is 2.79. The highest BCUT2D eigenvalue weighted by atomic mass is 32.1. The topological polar surface area (TPSA) is 64.3 Å². The normalized spacial score (nSPS) is 11.9. The number of carbonyl (C=O) groups excluding carboxylic acids is 1. The van der Waals surface area contributed by atoms with Gasteiger partial charge in [0.15, 0.2) is 0 Å². The second-order valence-electron chi connectivity index (χ2n) is 3.91. The molecule has 1 aromatic carbocycles. The standard InChI is InChI=1S/C14H16N2O2S/c1-2-18-11-7-4-3-6-10(11)16-14(17)13(15)12-8-5-9-19-12/h3-9,13H,2,15H2,1H3,(H,16,17). The molecule has 0 aliphatic heterocycles. The number of nitrogens with two attached hydrogens (primary N) is 1. The minimum atomic E-state index is -0.658. The third-order valence-corrected chi connectivity index (χ3v) is 3.53. The molecule has 4 nitrogen and oxygen atoms in total. The molecule has 0 aliphatic carbocycles. The summed E-state index contributed by atoms with van der Waals surface area (Å²) in [4.78, 5) is 12.9. The summed E-state index contributed by atoms with van der Waals surface area (Å²) in [7, 11) is 0. The van der Waals surface area contributed by atoms with Gasteiger partial charge in [-0.15, -0.1) is 11.3 Å². The first-order valence-electron chi connectivity index (χ1n) is 6.04. The minimum absolute atomic E-state index is 0.241. The van der Waals surface area contributed by atoms with Gasteiger partial charge in [-0.1, -0.05) is 18.2 Å². The highest BCUT2D eigenvalue weighted by molar-refractivity contribution is 7.10. The van der Waals surface area contributed by atoms with Gasteiger partial charge in [-0.3, -0.25) is 4.79 Å². The van der Waals surface area contributed by atoms with Crippen molar-refractivity contribution in [3.05, 3.63) is 46.7 Å². The van der Waals surface area contributed by atoms with Crippen LogP contribution in [0.1, 0.15) is 17.8 Å². The molecular weight excluding hydrogens is 260 g/mol. The molecule has 2 rings (SSSR count). The van der Waals surface area contributed by atoms with Gasteiger partial charge in [0, 0.05) is 4.88 Å². The van der Waals surface area contributed by atoms with E-state index >= 15 is 0 Å². The molecule has 0 saturated heterocycles. The first-order valence-corrected chi connectivity index (χ1v) is 6.92. The van der Waals surface area contributed by atoms with Crippen molar-refractivity contribution in [2.24, 2.45) is 5.73 Å². The van der Waals surface area contributed by atoms with Crippen molar-refractivity contribution in [2.75, 3.05) is 11.9 Å². The lowest BCUT2D eigenvalue weighted by atomic mass is 10.2. The van der Waals surface area contributed by atoms with Crippen LogP contribution in [0.5, 0.6) is 5.75 Å². The summed E-state index contributed by atoms with van der Waals surface area (Å²) in [6.45, 7) is 2.44. The van der Waals surface area contributed by atoms with E-state index in [4.69, 9.17) is 10.5 Å². The van der Waals surface area contributed by atoms with Crippen molar-refractivity contribution >= 4 is 22.9 Å². The van der Waals surface area contributed by atoms with E-state index in [-0.39, 0.29) is 5.91 Å². The smallest absolute Gasteiger partial charge is 0.246 e. The zero-order valence-corrected chi connectivity index (χ0v) is 11.4. The van der Waals surface area contributed by atoms with Crippen molar-refractivity contribution in [3.63, 3.8) is 0 Å². The first-order chi connectivity index (χ1) is 9.22. The zero-order chi connectivity index (χ0) is 13.7. The van der Waals surface area contributed by atoms with Crippen LogP contribution in [0.4, 0.5) is 5.69 Å². The monoisotopic (exact) mass is 276 g/mol. The van der Waals surface area contributed by atoms with Crippen molar-refractivity contribution in [2.45, 2.75) is 13.0 Å². The fourth-order valence-corrected chi connectivity index (χ4v) is 2.38. The number of amides is 1. The molecule has 1 atom stereocenters. The number of benzene rings is 1. The van der Waals surface area contributed by atoms with Gasteiger partial charge in [-0.2, -0.15) is 0 Å². The van der Waals surface area contributed by atoms with Crippen LogP contribution in [0.3, 0.4) is 0 Å². The number of anilines is 1. The van der Waals surface area contributed by atoms with Crippen LogP contribution in [-0.4, -0.2) is 12.5 Å². The molecule has 3 N–H and O–H groups in total. The molecule has 19 heavy (non-hydrogen) atoms. The van der Waals surface area contributed by atoms with Crippen LogP contribution in [0.25, 0.3) is 0 Å². The Bertz CT molecular complexity index is 540. The lowest BCUT2D eigenvalue weighted by Gasteiger charge is -2.14. The molecule has 2 aromatic rings. The maximum absolute atomic E-state index is 12.1. The maximum atomic E-state index is 12.1. The van der Waals surface area contributed by atoms with Crippen molar-refractivity contribution < 1.29 is 9.53 Å². The van der Waals surface area contributed by atoms with Gasteiger partial charge in [-0.25, -0.2) is 0 Å². The second kappa shape index (κ2) is 6.36. The summed E-state index contributed by atoms with van der Waals surface area (Å²) in [6.07, 6.45) is 0. The fourth-order valence-electron chi connectivity index (χ4n) is 1.66. The Balaban J connectivity index is 2.10. The number of nitrogens with one attached hydrogen (secondary N) is 1. The number of carbonyl (C=O) groups is 1. The van der Waals surface area contributed by atoms with Crippen molar-refractivity contribution in [3.8, 4) is 5.75 Å². The highest BCUT2D eigenvalue weighted by Gasteiger charge is 2.17. The lowest BCUT2D eigenvalue weighted by molar-refractivity contribution is -0.117. The summed E-state index contributed by atoms with van der Waals surface area (Å²) in [6, 6.07) is 10.4. The Morgan fingerprint density at radius 2 is 2.16 bits per heavy atom. The Morgan fingerprint density at radius 1 is 1.37 bits per heavy atom. The predicted molar refractivity (Wildman–Crippen MR) is 77.5 cm³/mol. The molecule has 1 heterocycles. The van der Waals surface area contributed by atoms with Crippen LogP contribution in [0.2, 0.25) is 0 Å². The maximum Gasteiger partial charge on any atom is 0.246 e. The van der Waals surface area contributed by atoms with Crippen LogP contribution >= 0.6 is 11.3 Å². The number of hydrogen-bond acceptors (Lipinski definition) is 4. The quantitative estimate of drug-likeness (QED) is 0.882. The average molecular weight is 276 g/mol. The molecule has 0 saturated carbocycles. The number of ether oxygens (including phenoxy) is 1. The average Bonchev–Trinajstić information content (AvgIpc) is 2.94. The number of hydrogen-bond donors (Lipinski definition) is 2. The van der Waals surface area contributed by atoms with Crippen LogP contribution in [0.15, 0.2) is 41.8 Å². The van der Waals surface area contributed by atoms with E-state index in [1.54, 1.807) is 6.07 Å². The zero-order valence-electron chi connectivity index (χ0n) is 10.6. The third-order valence-electron chi connectivity index (χ3n) is 2.58. The van der Waals surface area contributed by atoms with Gasteiger partial charge in [0.1, 0.15) is 11.8 Å². The molecule has 0 aliphatic rings. The van der Waals surface area contributed by atoms with E-state index in [1.807, 2.05) is 42.6 Å². The molecule has 0 bridgehead atoms. The summed E-state index contributed by atoms with van der Waals surface area (Å²) >= 11 is 1.47. The SMILES string of the molecule is CCOc1ccccc1NC(=O)C(N)c1cccs1. The van der Waals surface area contributed by atoms with E-state index in [2.05, 4.69) is 5.32 Å². The molecule has 1 amide bonds. The van der Waals surface area contributed by atoms with E-state index in [0.29, 0.717) is 18.0 Å². The van der Waals surface area contributed by atoms with Crippen molar-refractivity contribution in [1.82, 2.24) is 0 Å². The largest absolute Gasteiger partial charge is 0.492 e. The molecule has 0 fully saturated rings. The third kappa shape index (κ3) is 3.33. The van der Waals surface area contributed by atoms with E-state index in [0.717, 1.165) is 4.88 Å².